The van der Waals surface area contributed by atoms with E-state index in [9.17, 15) is 14.7 Å². The highest BCUT2D eigenvalue weighted by atomic mass is 79.9. The van der Waals surface area contributed by atoms with Crippen LogP contribution in [0.2, 0.25) is 0 Å². The van der Waals surface area contributed by atoms with E-state index in [0.717, 1.165) is 35.0 Å². The molecule has 1 amide bonds. The normalized spacial score (nSPS) is 15.6. The van der Waals surface area contributed by atoms with Crippen LogP contribution < -0.4 is 10.1 Å². The minimum absolute atomic E-state index is 0.0872. The van der Waals surface area contributed by atoms with E-state index in [4.69, 9.17) is 4.74 Å². The number of rotatable bonds is 8. The molecule has 0 heterocycles. The summed E-state index contributed by atoms with van der Waals surface area (Å²) in [6, 6.07) is 5.88. The van der Waals surface area contributed by atoms with E-state index in [1.807, 2.05) is 18.2 Å². The number of carboxylic acids is 1. The molecule has 0 spiro atoms. The molecule has 0 aliphatic heterocycles. The van der Waals surface area contributed by atoms with E-state index in [1.165, 1.54) is 0 Å². The molecule has 1 aliphatic rings. The minimum atomic E-state index is -0.849. The van der Waals surface area contributed by atoms with Gasteiger partial charge >= 0.3 is 5.97 Å². The van der Waals surface area contributed by atoms with Gasteiger partial charge in [-0.1, -0.05) is 28.4 Å². The fraction of sp³-hybridized carbons (Fsp3) is 0.529. The van der Waals surface area contributed by atoms with Crippen molar-refractivity contribution in [3.63, 3.8) is 0 Å². The Morgan fingerprint density at radius 3 is 2.70 bits per heavy atom. The molecule has 0 atom stereocenters. The first-order valence-corrected chi connectivity index (χ1v) is 8.59. The fourth-order valence-corrected chi connectivity index (χ4v) is 3.21. The Hall–Kier alpha value is -1.56. The van der Waals surface area contributed by atoms with Gasteiger partial charge in [0.15, 0.2) is 0 Å². The van der Waals surface area contributed by atoms with E-state index in [-0.39, 0.29) is 12.3 Å². The predicted molar refractivity (Wildman–Crippen MR) is 90.6 cm³/mol. The summed E-state index contributed by atoms with van der Waals surface area (Å²) in [7, 11) is 1.64. The van der Waals surface area contributed by atoms with Crippen LogP contribution in [0.1, 0.15) is 37.7 Å². The van der Waals surface area contributed by atoms with Crippen molar-refractivity contribution in [1.82, 2.24) is 5.32 Å². The van der Waals surface area contributed by atoms with Gasteiger partial charge in [0.1, 0.15) is 5.75 Å². The van der Waals surface area contributed by atoms with Gasteiger partial charge in [0, 0.05) is 17.4 Å². The predicted octanol–water partition coefficient (Wildman–Crippen LogP) is 3.15. The summed E-state index contributed by atoms with van der Waals surface area (Å²) in [5.41, 5.74) is 0.268. The third kappa shape index (κ3) is 4.47. The molecule has 1 aromatic rings. The van der Waals surface area contributed by atoms with Crippen LogP contribution in [-0.2, 0) is 16.0 Å². The van der Waals surface area contributed by atoms with Gasteiger partial charge in [0.05, 0.1) is 12.5 Å². The maximum Gasteiger partial charge on any atom is 0.310 e. The van der Waals surface area contributed by atoms with E-state index in [2.05, 4.69) is 21.2 Å². The van der Waals surface area contributed by atoms with Crippen molar-refractivity contribution in [2.24, 2.45) is 5.41 Å². The van der Waals surface area contributed by atoms with Crippen LogP contribution in [-0.4, -0.2) is 30.6 Å². The highest BCUT2D eigenvalue weighted by molar-refractivity contribution is 9.10. The lowest BCUT2D eigenvalue weighted by atomic mass is 9.66. The lowest BCUT2D eigenvalue weighted by molar-refractivity contribution is -0.157. The van der Waals surface area contributed by atoms with Gasteiger partial charge in [-0.25, -0.2) is 0 Å². The molecule has 1 fully saturated rings. The highest BCUT2D eigenvalue weighted by Gasteiger charge is 2.45. The van der Waals surface area contributed by atoms with Crippen molar-refractivity contribution in [3.05, 3.63) is 28.2 Å². The summed E-state index contributed by atoms with van der Waals surface area (Å²) in [6.07, 6.45) is 3.76. The maximum atomic E-state index is 11.9. The van der Waals surface area contributed by atoms with Crippen molar-refractivity contribution in [2.45, 2.75) is 38.5 Å². The number of hydrogen-bond acceptors (Lipinski definition) is 3. The van der Waals surface area contributed by atoms with Crippen molar-refractivity contribution in [3.8, 4) is 5.75 Å². The van der Waals surface area contributed by atoms with E-state index in [0.29, 0.717) is 19.4 Å². The van der Waals surface area contributed by atoms with E-state index in [1.54, 1.807) is 7.11 Å². The van der Waals surface area contributed by atoms with Gasteiger partial charge in [-0.3, -0.25) is 9.59 Å². The second-order valence-corrected chi connectivity index (χ2v) is 6.94. The Morgan fingerprint density at radius 1 is 1.39 bits per heavy atom. The average molecular weight is 384 g/mol. The number of carbonyl (C=O) groups is 2. The Balaban J connectivity index is 1.75. The van der Waals surface area contributed by atoms with Crippen LogP contribution in [0.25, 0.3) is 0 Å². The third-order valence-corrected chi connectivity index (χ3v) is 4.95. The first-order chi connectivity index (χ1) is 11.0. The largest absolute Gasteiger partial charge is 0.496 e. The molecule has 2 N–H and O–H groups in total. The van der Waals surface area contributed by atoms with Gasteiger partial charge in [-0.2, -0.15) is 0 Å². The second kappa shape index (κ2) is 7.81. The Morgan fingerprint density at radius 2 is 2.13 bits per heavy atom. The van der Waals surface area contributed by atoms with E-state index >= 15 is 0 Å². The standard InChI is InChI=1S/C17H22BrNO4/c1-23-14-10-13(18)6-5-12(14)4-2-9-19-15(20)11-17(16(21)22)7-3-8-17/h5-6,10H,2-4,7-9,11H2,1H3,(H,19,20)(H,21,22). The first kappa shape index (κ1) is 17.8. The molecule has 0 radical (unpaired) electrons. The molecule has 5 nitrogen and oxygen atoms in total. The molecule has 23 heavy (non-hydrogen) atoms. The van der Waals surface area contributed by atoms with Gasteiger partial charge in [0.25, 0.3) is 0 Å². The molecule has 1 saturated carbocycles. The summed E-state index contributed by atoms with van der Waals surface area (Å²) in [4.78, 5) is 23.2. The van der Waals surface area contributed by atoms with Crippen LogP contribution >= 0.6 is 15.9 Å². The summed E-state index contributed by atoms with van der Waals surface area (Å²) >= 11 is 3.40. The molecule has 2 rings (SSSR count). The van der Waals surface area contributed by atoms with Gasteiger partial charge in [-0.05, 0) is 43.4 Å². The van der Waals surface area contributed by atoms with Gasteiger partial charge < -0.3 is 15.2 Å². The fourth-order valence-electron chi connectivity index (χ4n) is 2.87. The lowest BCUT2D eigenvalue weighted by Crippen LogP contribution is -2.42. The number of amides is 1. The number of carbonyl (C=O) groups excluding carboxylic acids is 1. The minimum Gasteiger partial charge on any atom is -0.496 e. The molecule has 0 unspecified atom stereocenters. The average Bonchev–Trinajstić information content (AvgIpc) is 2.48. The number of aliphatic carboxylic acids is 1. The smallest absolute Gasteiger partial charge is 0.310 e. The van der Waals surface area contributed by atoms with Crippen molar-refractivity contribution < 1.29 is 19.4 Å². The molecule has 1 aliphatic carbocycles. The number of halogens is 1. The summed E-state index contributed by atoms with van der Waals surface area (Å²) in [5, 5.41) is 12.1. The number of aryl methyl sites for hydroxylation is 1. The molecule has 0 saturated heterocycles. The third-order valence-electron chi connectivity index (χ3n) is 4.46. The summed E-state index contributed by atoms with van der Waals surface area (Å²) in [5.74, 6) is -0.196. The zero-order valence-electron chi connectivity index (χ0n) is 13.2. The van der Waals surface area contributed by atoms with E-state index < -0.39 is 11.4 Å². The number of carboxylic acid groups (broad SMARTS) is 1. The van der Waals surface area contributed by atoms with Gasteiger partial charge in [-0.15, -0.1) is 0 Å². The molecular weight excluding hydrogens is 362 g/mol. The van der Waals surface area contributed by atoms with Crippen LogP contribution in [0, 0.1) is 5.41 Å². The molecule has 126 valence electrons. The molecule has 0 aromatic heterocycles. The van der Waals surface area contributed by atoms with Crippen LogP contribution in [0.15, 0.2) is 22.7 Å². The lowest BCUT2D eigenvalue weighted by Gasteiger charge is -2.36. The number of ether oxygens (including phenoxy) is 1. The molecular formula is C17H22BrNO4. The van der Waals surface area contributed by atoms with Crippen LogP contribution in [0.3, 0.4) is 0 Å². The van der Waals surface area contributed by atoms with Gasteiger partial charge in [0.2, 0.25) is 5.91 Å². The Bertz CT molecular complexity index is 584. The number of methoxy groups -OCH3 is 1. The topological polar surface area (TPSA) is 75.6 Å². The molecule has 6 heteroatoms. The Kier molecular flexibility index (Phi) is 6.04. The number of benzene rings is 1. The quantitative estimate of drug-likeness (QED) is 0.676. The summed E-state index contributed by atoms with van der Waals surface area (Å²) in [6.45, 7) is 0.535. The number of hydrogen-bond donors (Lipinski definition) is 2. The highest BCUT2D eigenvalue weighted by Crippen LogP contribution is 2.44. The second-order valence-electron chi connectivity index (χ2n) is 6.03. The zero-order chi connectivity index (χ0) is 16.9. The van der Waals surface area contributed by atoms with Crippen LogP contribution in [0.5, 0.6) is 5.75 Å². The molecule has 0 bridgehead atoms. The Labute approximate surface area is 144 Å². The SMILES string of the molecule is COc1cc(Br)ccc1CCCNC(=O)CC1(C(=O)O)CCC1. The number of nitrogens with one attached hydrogen (secondary N) is 1. The van der Waals surface area contributed by atoms with Crippen molar-refractivity contribution in [1.29, 1.82) is 0 Å². The zero-order valence-corrected chi connectivity index (χ0v) is 14.8. The van der Waals surface area contributed by atoms with Crippen molar-refractivity contribution >= 4 is 27.8 Å². The monoisotopic (exact) mass is 383 g/mol. The first-order valence-electron chi connectivity index (χ1n) is 7.79. The van der Waals surface area contributed by atoms with Crippen LogP contribution in [0.4, 0.5) is 0 Å². The van der Waals surface area contributed by atoms with Crippen molar-refractivity contribution in [2.75, 3.05) is 13.7 Å². The summed E-state index contributed by atoms with van der Waals surface area (Å²) < 4.78 is 6.30. The maximum absolute atomic E-state index is 11.9. The molecule has 1 aromatic carbocycles.